The molecule has 7 aliphatic rings. The first-order valence-electron chi connectivity index (χ1n) is 14.9. The minimum Gasteiger partial charge on any atom is -0.390 e. The fourth-order valence-corrected chi connectivity index (χ4v) is 11.3. The lowest BCUT2D eigenvalue weighted by Gasteiger charge is -2.62. The van der Waals surface area contributed by atoms with Crippen LogP contribution >= 0.6 is 0 Å². The Labute approximate surface area is 218 Å². The van der Waals surface area contributed by atoms with E-state index in [9.17, 15) is 10.2 Å². The average molecular weight is 490 g/mol. The smallest absolute Gasteiger partial charge is 0.0802 e. The number of allylic oxidation sites excluding steroid dienone is 4. The van der Waals surface area contributed by atoms with Crippen molar-refractivity contribution < 1.29 is 10.2 Å². The van der Waals surface area contributed by atoms with Gasteiger partial charge in [0.1, 0.15) is 0 Å². The van der Waals surface area contributed by atoms with Crippen LogP contribution in [0.5, 0.6) is 0 Å². The molecule has 5 aliphatic carbocycles. The van der Waals surface area contributed by atoms with Crippen molar-refractivity contribution >= 4 is 0 Å². The van der Waals surface area contributed by atoms with Crippen molar-refractivity contribution in [1.29, 1.82) is 0 Å². The van der Waals surface area contributed by atoms with Gasteiger partial charge in [-0.1, -0.05) is 48.5 Å². The van der Waals surface area contributed by atoms with Crippen molar-refractivity contribution in [3.63, 3.8) is 0 Å². The standard InChI is InChI=1S/C33H47NO2/c1-19(2)21-6-8-30(4)18-25(12-20(3)26(30)14-21)32-9-7-23-16-24-13-22-15-28(35)29(36)17-27(22)33(24,11-10-32)31(23,5)34-32/h10-12,21-24,27-29,34-36H,1,6-9,13-18H2,2-5H3. The van der Waals surface area contributed by atoms with Crippen LogP contribution in [0.2, 0.25) is 0 Å². The van der Waals surface area contributed by atoms with Crippen molar-refractivity contribution in [2.24, 2.45) is 40.4 Å². The van der Waals surface area contributed by atoms with Crippen LogP contribution in [0, 0.1) is 40.4 Å². The van der Waals surface area contributed by atoms with Gasteiger partial charge in [-0.2, -0.15) is 0 Å². The number of hydrogen-bond donors (Lipinski definition) is 3. The molecule has 2 aliphatic heterocycles. The van der Waals surface area contributed by atoms with Gasteiger partial charge in [0.05, 0.1) is 17.7 Å². The minimum atomic E-state index is -0.563. The van der Waals surface area contributed by atoms with E-state index in [1.807, 2.05) is 0 Å². The maximum Gasteiger partial charge on any atom is 0.0802 e. The zero-order valence-electron chi connectivity index (χ0n) is 22.9. The summed E-state index contributed by atoms with van der Waals surface area (Å²) in [7, 11) is 0. The molecule has 4 saturated carbocycles. The van der Waals surface area contributed by atoms with E-state index in [0.29, 0.717) is 29.6 Å². The van der Waals surface area contributed by atoms with E-state index in [0.717, 1.165) is 12.8 Å². The lowest BCUT2D eigenvalue weighted by atomic mass is 9.52. The largest absolute Gasteiger partial charge is 0.390 e. The monoisotopic (exact) mass is 489 g/mol. The zero-order valence-corrected chi connectivity index (χ0v) is 22.9. The highest BCUT2D eigenvalue weighted by Gasteiger charge is 2.73. The molecule has 3 nitrogen and oxygen atoms in total. The molecule has 7 rings (SSSR count). The van der Waals surface area contributed by atoms with Gasteiger partial charge in [0.2, 0.25) is 0 Å². The lowest BCUT2D eigenvalue weighted by molar-refractivity contribution is -0.0762. The van der Waals surface area contributed by atoms with Gasteiger partial charge >= 0.3 is 0 Å². The molecule has 0 amide bonds. The molecule has 0 aromatic carbocycles. The number of rotatable bonds is 2. The number of piperidine rings is 1. The first-order chi connectivity index (χ1) is 17.0. The summed E-state index contributed by atoms with van der Waals surface area (Å²) < 4.78 is 0. The van der Waals surface area contributed by atoms with Crippen molar-refractivity contribution in [1.82, 2.24) is 5.32 Å². The second kappa shape index (κ2) is 7.48. The molecule has 3 heteroatoms. The number of fused-ring (bicyclic) bond motifs is 3. The highest BCUT2D eigenvalue weighted by atomic mass is 16.3. The maximum absolute atomic E-state index is 10.7. The molecule has 36 heavy (non-hydrogen) atoms. The Morgan fingerprint density at radius 1 is 1.00 bits per heavy atom. The van der Waals surface area contributed by atoms with Crippen LogP contribution in [0.3, 0.4) is 0 Å². The predicted octanol–water partition coefficient (Wildman–Crippen LogP) is 6.24. The van der Waals surface area contributed by atoms with Gasteiger partial charge in [-0.15, -0.1) is 0 Å². The number of nitrogens with one attached hydrogen (secondary N) is 1. The molecule has 11 unspecified atom stereocenters. The van der Waals surface area contributed by atoms with Gasteiger partial charge in [0.25, 0.3) is 0 Å². The molecule has 0 radical (unpaired) electrons. The van der Waals surface area contributed by atoms with Gasteiger partial charge in [-0.05, 0) is 126 Å². The van der Waals surface area contributed by atoms with E-state index in [2.05, 4.69) is 57.8 Å². The summed E-state index contributed by atoms with van der Waals surface area (Å²) in [5.74, 6) is 3.08. The number of hydrogen-bond acceptors (Lipinski definition) is 3. The predicted molar refractivity (Wildman–Crippen MR) is 145 cm³/mol. The van der Waals surface area contributed by atoms with Crippen molar-refractivity contribution in [3.8, 4) is 0 Å². The van der Waals surface area contributed by atoms with E-state index < -0.39 is 12.2 Å². The Balaban J connectivity index is 1.28. The third-order valence-electron chi connectivity index (χ3n) is 13.2. The van der Waals surface area contributed by atoms with Crippen LogP contribution in [0.1, 0.15) is 91.9 Å². The summed E-state index contributed by atoms with van der Waals surface area (Å²) in [4.78, 5) is 0. The topological polar surface area (TPSA) is 52.5 Å². The quantitative estimate of drug-likeness (QED) is 0.403. The lowest BCUT2D eigenvalue weighted by Crippen LogP contribution is -2.71. The van der Waals surface area contributed by atoms with Crippen LogP contribution in [0.25, 0.3) is 0 Å². The van der Waals surface area contributed by atoms with Gasteiger partial charge in [0, 0.05) is 11.0 Å². The van der Waals surface area contributed by atoms with E-state index in [1.165, 1.54) is 62.5 Å². The van der Waals surface area contributed by atoms with Gasteiger partial charge in [-0.25, -0.2) is 0 Å². The Hall–Kier alpha value is -1.16. The molecule has 196 valence electrons. The Bertz CT molecular complexity index is 1100. The summed E-state index contributed by atoms with van der Waals surface area (Å²) in [5, 5.41) is 25.6. The first kappa shape index (κ1) is 23.9. The van der Waals surface area contributed by atoms with E-state index in [4.69, 9.17) is 0 Å². The molecule has 1 saturated heterocycles. The Morgan fingerprint density at radius 2 is 1.78 bits per heavy atom. The fraction of sp³-hybridized carbons (Fsp3) is 0.758. The summed E-state index contributed by atoms with van der Waals surface area (Å²) in [5.41, 5.74) is 6.61. The van der Waals surface area contributed by atoms with Gasteiger partial charge < -0.3 is 10.2 Å². The van der Waals surface area contributed by atoms with E-state index >= 15 is 0 Å². The molecule has 5 fully saturated rings. The van der Waals surface area contributed by atoms with E-state index in [1.54, 1.807) is 11.1 Å². The molecule has 3 N–H and O–H groups in total. The summed E-state index contributed by atoms with van der Waals surface area (Å²) in [6.07, 6.45) is 18.3. The van der Waals surface area contributed by atoms with E-state index in [-0.39, 0.29) is 21.9 Å². The highest BCUT2D eigenvalue weighted by Crippen LogP contribution is 2.73. The molecular formula is C33H47NO2. The van der Waals surface area contributed by atoms with Crippen LogP contribution < -0.4 is 5.32 Å². The molecule has 2 bridgehead atoms. The third kappa shape index (κ3) is 2.86. The molecule has 0 aromatic rings. The van der Waals surface area contributed by atoms with Gasteiger partial charge in [-0.3, -0.25) is 5.32 Å². The van der Waals surface area contributed by atoms with Crippen LogP contribution in [0.15, 0.2) is 47.1 Å². The van der Waals surface area contributed by atoms with Crippen LogP contribution in [-0.2, 0) is 0 Å². The summed E-state index contributed by atoms with van der Waals surface area (Å²) >= 11 is 0. The molecular weight excluding hydrogens is 442 g/mol. The number of aliphatic hydroxyl groups is 2. The maximum atomic E-state index is 10.7. The first-order valence-corrected chi connectivity index (χ1v) is 14.9. The summed E-state index contributed by atoms with van der Waals surface area (Å²) in [6, 6.07) is 0. The Kier molecular flexibility index (Phi) is 4.97. The average Bonchev–Trinajstić information content (AvgIpc) is 3.27. The highest BCUT2D eigenvalue weighted by molar-refractivity contribution is 5.49. The molecule has 1 spiro atoms. The van der Waals surface area contributed by atoms with Crippen molar-refractivity contribution in [3.05, 3.63) is 47.1 Å². The second-order valence-corrected chi connectivity index (χ2v) is 14.8. The van der Waals surface area contributed by atoms with Crippen LogP contribution in [-0.4, -0.2) is 33.5 Å². The SMILES string of the molecule is C=C(C)C1CCC2(C)CC(C34C=CC56C(CC7CC(O)C(O)CC75)CC(CC3)C6(C)N4)=CC(C)=C2C1. The van der Waals surface area contributed by atoms with Crippen molar-refractivity contribution in [2.75, 3.05) is 0 Å². The second-order valence-electron chi connectivity index (χ2n) is 14.8. The molecule has 2 heterocycles. The third-order valence-corrected chi connectivity index (χ3v) is 13.2. The zero-order chi connectivity index (χ0) is 25.3. The minimum absolute atomic E-state index is 0.0305. The molecule has 11 atom stereocenters. The fourth-order valence-electron chi connectivity index (χ4n) is 11.3. The van der Waals surface area contributed by atoms with Gasteiger partial charge in [0.15, 0.2) is 0 Å². The Morgan fingerprint density at radius 3 is 2.56 bits per heavy atom. The van der Waals surface area contributed by atoms with Crippen LogP contribution in [0.4, 0.5) is 0 Å². The molecule has 0 aromatic heterocycles. The van der Waals surface area contributed by atoms with Crippen molar-refractivity contribution in [2.45, 2.75) is 115 Å². The number of aliphatic hydroxyl groups excluding tert-OH is 2. The normalized spacial score (nSPS) is 55.1. The summed E-state index contributed by atoms with van der Waals surface area (Å²) in [6.45, 7) is 14.0.